The number of ether oxygens (including phenoxy) is 2. The van der Waals surface area contributed by atoms with Gasteiger partial charge in [0, 0.05) is 11.3 Å². The molecule has 2 aromatic rings. The summed E-state index contributed by atoms with van der Waals surface area (Å²) in [6, 6.07) is 9.75. The first-order chi connectivity index (χ1) is 9.08. The summed E-state index contributed by atoms with van der Waals surface area (Å²) in [5.41, 5.74) is 10.7. The van der Waals surface area contributed by atoms with E-state index in [0.717, 1.165) is 39.4 Å². The van der Waals surface area contributed by atoms with Crippen molar-refractivity contribution in [2.75, 3.05) is 20.0 Å². The second-order valence-electron chi connectivity index (χ2n) is 4.53. The maximum Gasteiger partial charge on any atom is 0.130 e. The Morgan fingerprint density at radius 3 is 2.05 bits per heavy atom. The number of rotatable bonds is 3. The fourth-order valence-corrected chi connectivity index (χ4v) is 2.21. The van der Waals surface area contributed by atoms with Crippen LogP contribution in [0.5, 0.6) is 11.5 Å². The average Bonchev–Trinajstić information content (AvgIpc) is 2.42. The molecule has 3 nitrogen and oxygen atoms in total. The molecular formula is C16H19NO2. The molecule has 100 valence electrons. The van der Waals surface area contributed by atoms with Crippen LogP contribution in [0.25, 0.3) is 11.1 Å². The van der Waals surface area contributed by atoms with Crippen molar-refractivity contribution in [1.29, 1.82) is 0 Å². The average molecular weight is 257 g/mol. The Morgan fingerprint density at radius 1 is 0.895 bits per heavy atom. The van der Waals surface area contributed by atoms with E-state index in [9.17, 15) is 0 Å². The van der Waals surface area contributed by atoms with Gasteiger partial charge in [-0.05, 0) is 48.7 Å². The number of hydrogen-bond donors (Lipinski definition) is 1. The standard InChI is InChI=1S/C16H19NO2/c1-10-11(2)16(19-4)14(9-15(10)18-3)12-5-7-13(17)8-6-12/h5-9H,17H2,1-4H3. The minimum Gasteiger partial charge on any atom is -0.496 e. The van der Waals surface area contributed by atoms with E-state index in [-0.39, 0.29) is 0 Å². The Labute approximate surface area is 114 Å². The maximum absolute atomic E-state index is 5.73. The van der Waals surface area contributed by atoms with Crippen molar-refractivity contribution in [2.45, 2.75) is 13.8 Å². The van der Waals surface area contributed by atoms with E-state index >= 15 is 0 Å². The van der Waals surface area contributed by atoms with Gasteiger partial charge in [0.1, 0.15) is 11.5 Å². The van der Waals surface area contributed by atoms with Crippen molar-refractivity contribution >= 4 is 5.69 Å². The molecule has 0 fully saturated rings. The molecule has 0 saturated carbocycles. The SMILES string of the molecule is COc1cc(-c2ccc(N)cc2)c(OC)c(C)c1C. The van der Waals surface area contributed by atoms with Gasteiger partial charge >= 0.3 is 0 Å². The van der Waals surface area contributed by atoms with Crippen LogP contribution in [0.1, 0.15) is 11.1 Å². The zero-order valence-corrected chi connectivity index (χ0v) is 11.8. The number of nitrogens with two attached hydrogens (primary N) is 1. The van der Waals surface area contributed by atoms with Crippen molar-refractivity contribution in [2.24, 2.45) is 0 Å². The highest BCUT2D eigenvalue weighted by Gasteiger charge is 2.15. The van der Waals surface area contributed by atoms with Gasteiger partial charge in [0.25, 0.3) is 0 Å². The number of benzene rings is 2. The topological polar surface area (TPSA) is 44.5 Å². The normalized spacial score (nSPS) is 10.3. The molecule has 2 N–H and O–H groups in total. The van der Waals surface area contributed by atoms with Crippen molar-refractivity contribution in [3.05, 3.63) is 41.5 Å². The minimum atomic E-state index is 0.749. The van der Waals surface area contributed by atoms with Crippen LogP contribution in [-0.2, 0) is 0 Å². The quantitative estimate of drug-likeness (QED) is 0.855. The second kappa shape index (κ2) is 5.22. The highest BCUT2D eigenvalue weighted by atomic mass is 16.5. The first kappa shape index (κ1) is 13.3. The molecule has 0 spiro atoms. The van der Waals surface area contributed by atoms with Crippen LogP contribution < -0.4 is 15.2 Å². The molecule has 2 aromatic carbocycles. The Hall–Kier alpha value is -2.16. The lowest BCUT2D eigenvalue weighted by Gasteiger charge is -2.17. The number of anilines is 1. The Balaban J connectivity index is 2.67. The van der Waals surface area contributed by atoms with Crippen molar-refractivity contribution in [3.63, 3.8) is 0 Å². The third kappa shape index (κ3) is 2.36. The third-order valence-corrected chi connectivity index (χ3v) is 3.44. The predicted molar refractivity (Wildman–Crippen MR) is 78.9 cm³/mol. The summed E-state index contributed by atoms with van der Waals surface area (Å²) in [5.74, 6) is 1.74. The molecule has 0 aliphatic rings. The summed E-state index contributed by atoms with van der Waals surface area (Å²) in [4.78, 5) is 0. The van der Waals surface area contributed by atoms with Gasteiger partial charge in [-0.1, -0.05) is 12.1 Å². The molecule has 2 rings (SSSR count). The Morgan fingerprint density at radius 2 is 1.53 bits per heavy atom. The predicted octanol–water partition coefficient (Wildman–Crippen LogP) is 3.57. The molecule has 0 aromatic heterocycles. The summed E-state index contributed by atoms with van der Waals surface area (Å²) >= 11 is 0. The smallest absolute Gasteiger partial charge is 0.130 e. The number of hydrogen-bond acceptors (Lipinski definition) is 3. The van der Waals surface area contributed by atoms with Gasteiger partial charge in [0.2, 0.25) is 0 Å². The minimum absolute atomic E-state index is 0.749. The largest absolute Gasteiger partial charge is 0.496 e. The molecule has 3 heteroatoms. The van der Waals surface area contributed by atoms with Crippen LogP contribution in [0.2, 0.25) is 0 Å². The van der Waals surface area contributed by atoms with Gasteiger partial charge in [-0.2, -0.15) is 0 Å². The maximum atomic E-state index is 5.73. The van der Waals surface area contributed by atoms with Crippen LogP contribution in [0.4, 0.5) is 5.69 Å². The zero-order chi connectivity index (χ0) is 14.0. The van der Waals surface area contributed by atoms with E-state index < -0.39 is 0 Å². The van der Waals surface area contributed by atoms with E-state index in [4.69, 9.17) is 15.2 Å². The van der Waals surface area contributed by atoms with Crippen LogP contribution in [0.3, 0.4) is 0 Å². The van der Waals surface area contributed by atoms with Crippen LogP contribution >= 0.6 is 0 Å². The number of nitrogen functional groups attached to an aromatic ring is 1. The van der Waals surface area contributed by atoms with E-state index in [1.54, 1.807) is 14.2 Å². The Bertz CT molecular complexity index is 589. The van der Waals surface area contributed by atoms with Crippen LogP contribution in [-0.4, -0.2) is 14.2 Å². The fraction of sp³-hybridized carbons (Fsp3) is 0.250. The zero-order valence-electron chi connectivity index (χ0n) is 11.8. The van der Waals surface area contributed by atoms with Gasteiger partial charge in [0.15, 0.2) is 0 Å². The molecule has 0 atom stereocenters. The van der Waals surface area contributed by atoms with Crippen molar-refractivity contribution in [1.82, 2.24) is 0 Å². The lowest BCUT2D eigenvalue weighted by atomic mass is 9.97. The van der Waals surface area contributed by atoms with E-state index in [2.05, 4.69) is 0 Å². The summed E-state index contributed by atoms with van der Waals surface area (Å²) in [6.07, 6.45) is 0. The summed E-state index contributed by atoms with van der Waals surface area (Å²) in [6.45, 7) is 4.07. The van der Waals surface area contributed by atoms with Gasteiger partial charge in [0.05, 0.1) is 14.2 Å². The summed E-state index contributed by atoms with van der Waals surface area (Å²) in [7, 11) is 3.37. The first-order valence-corrected chi connectivity index (χ1v) is 6.16. The third-order valence-electron chi connectivity index (χ3n) is 3.44. The lowest BCUT2D eigenvalue weighted by molar-refractivity contribution is 0.399. The van der Waals surface area contributed by atoms with Gasteiger partial charge in [-0.3, -0.25) is 0 Å². The van der Waals surface area contributed by atoms with Crippen molar-refractivity contribution in [3.8, 4) is 22.6 Å². The van der Waals surface area contributed by atoms with Gasteiger partial charge in [-0.25, -0.2) is 0 Å². The molecule has 0 heterocycles. The molecule has 0 radical (unpaired) electrons. The van der Waals surface area contributed by atoms with Gasteiger partial charge < -0.3 is 15.2 Å². The van der Waals surface area contributed by atoms with Crippen LogP contribution in [0.15, 0.2) is 30.3 Å². The van der Waals surface area contributed by atoms with Gasteiger partial charge in [-0.15, -0.1) is 0 Å². The molecule has 0 aliphatic heterocycles. The highest BCUT2D eigenvalue weighted by Crippen LogP contribution is 2.39. The van der Waals surface area contributed by atoms with Crippen LogP contribution in [0, 0.1) is 13.8 Å². The summed E-state index contributed by atoms with van der Waals surface area (Å²) < 4.78 is 11.0. The van der Waals surface area contributed by atoms with E-state index in [0.29, 0.717) is 0 Å². The monoisotopic (exact) mass is 257 g/mol. The van der Waals surface area contributed by atoms with E-state index in [1.807, 2.05) is 44.2 Å². The van der Waals surface area contributed by atoms with E-state index in [1.165, 1.54) is 0 Å². The molecule has 0 unspecified atom stereocenters. The fourth-order valence-electron chi connectivity index (χ4n) is 2.21. The number of methoxy groups -OCH3 is 2. The lowest BCUT2D eigenvalue weighted by Crippen LogP contribution is -1.97. The molecule has 0 saturated heterocycles. The molecule has 0 amide bonds. The first-order valence-electron chi connectivity index (χ1n) is 6.16. The van der Waals surface area contributed by atoms with Crippen molar-refractivity contribution < 1.29 is 9.47 Å². The molecule has 19 heavy (non-hydrogen) atoms. The molecule has 0 aliphatic carbocycles. The highest BCUT2D eigenvalue weighted by molar-refractivity contribution is 5.76. The summed E-state index contributed by atoms with van der Waals surface area (Å²) in [5, 5.41) is 0. The second-order valence-corrected chi connectivity index (χ2v) is 4.53. The molecule has 0 bridgehead atoms. The Kier molecular flexibility index (Phi) is 3.65. The molecular weight excluding hydrogens is 238 g/mol.